The number of carboxylic acids is 1. The van der Waals surface area contributed by atoms with Crippen LogP contribution in [0.15, 0.2) is 18.2 Å². The van der Waals surface area contributed by atoms with E-state index in [4.69, 9.17) is 28.3 Å². The van der Waals surface area contributed by atoms with E-state index in [1.165, 1.54) is 6.92 Å². The second-order valence-corrected chi connectivity index (χ2v) is 4.38. The monoisotopic (exact) mass is 290 g/mol. The van der Waals surface area contributed by atoms with Crippen molar-refractivity contribution in [1.82, 2.24) is 5.32 Å². The number of hydrogen-bond donors (Lipinski definition) is 3. The van der Waals surface area contributed by atoms with Crippen LogP contribution in [-0.2, 0) is 9.59 Å². The molecule has 1 aromatic rings. The van der Waals surface area contributed by atoms with Gasteiger partial charge in [0.05, 0.1) is 15.7 Å². The van der Waals surface area contributed by atoms with Crippen molar-refractivity contribution in [2.24, 2.45) is 0 Å². The average Bonchev–Trinajstić information content (AvgIpc) is 2.26. The van der Waals surface area contributed by atoms with E-state index in [0.717, 1.165) is 0 Å². The zero-order chi connectivity index (χ0) is 13.7. The standard InChI is InChI=1S/C11H12Cl2N2O3/c1-6(16)15-9(11(17)18)5-14-10-7(12)3-2-4-8(10)13/h2-4,9,14H,5H2,1H3,(H,15,16)(H,17,18). The molecule has 1 rings (SSSR count). The van der Waals surface area contributed by atoms with Crippen LogP contribution in [0.25, 0.3) is 0 Å². The fourth-order valence-corrected chi connectivity index (χ4v) is 1.85. The topological polar surface area (TPSA) is 78.4 Å². The summed E-state index contributed by atoms with van der Waals surface area (Å²) in [6.07, 6.45) is 0. The van der Waals surface area contributed by atoms with Gasteiger partial charge in [-0.1, -0.05) is 29.3 Å². The fourth-order valence-electron chi connectivity index (χ4n) is 1.32. The van der Waals surface area contributed by atoms with Crippen LogP contribution in [0.2, 0.25) is 10.0 Å². The van der Waals surface area contributed by atoms with Crippen molar-refractivity contribution in [2.45, 2.75) is 13.0 Å². The maximum Gasteiger partial charge on any atom is 0.328 e. The maximum atomic E-state index is 10.9. The highest BCUT2D eigenvalue weighted by atomic mass is 35.5. The molecule has 1 amide bonds. The Kier molecular flexibility index (Phi) is 5.25. The summed E-state index contributed by atoms with van der Waals surface area (Å²) in [6, 6.07) is 3.89. The lowest BCUT2D eigenvalue weighted by Crippen LogP contribution is -2.44. The number of amides is 1. The number of halogens is 2. The summed E-state index contributed by atoms with van der Waals surface area (Å²) in [5, 5.41) is 14.8. The van der Waals surface area contributed by atoms with Gasteiger partial charge in [0.2, 0.25) is 5.91 Å². The number of carbonyl (C=O) groups is 2. The lowest BCUT2D eigenvalue weighted by Gasteiger charge is -2.16. The predicted molar refractivity (Wildman–Crippen MR) is 70.2 cm³/mol. The van der Waals surface area contributed by atoms with Gasteiger partial charge in [-0.25, -0.2) is 4.79 Å². The molecule has 18 heavy (non-hydrogen) atoms. The van der Waals surface area contributed by atoms with E-state index >= 15 is 0 Å². The van der Waals surface area contributed by atoms with E-state index in [1.807, 2.05) is 0 Å². The fraction of sp³-hybridized carbons (Fsp3) is 0.273. The molecule has 0 saturated carbocycles. The predicted octanol–water partition coefficient (Wildman–Crippen LogP) is 1.99. The van der Waals surface area contributed by atoms with Crippen molar-refractivity contribution in [3.05, 3.63) is 28.2 Å². The van der Waals surface area contributed by atoms with Gasteiger partial charge in [-0.05, 0) is 12.1 Å². The summed E-state index contributed by atoms with van der Waals surface area (Å²) in [5.74, 6) is -1.56. The Morgan fingerprint density at radius 2 is 1.89 bits per heavy atom. The number of rotatable bonds is 5. The largest absolute Gasteiger partial charge is 0.480 e. The molecule has 0 fully saturated rings. The first-order chi connectivity index (χ1) is 8.41. The van der Waals surface area contributed by atoms with E-state index in [9.17, 15) is 9.59 Å². The molecule has 1 atom stereocenters. The highest BCUT2D eigenvalue weighted by molar-refractivity contribution is 6.39. The molecule has 0 saturated heterocycles. The van der Waals surface area contributed by atoms with Crippen LogP contribution in [0.5, 0.6) is 0 Å². The minimum absolute atomic E-state index is 0.0155. The van der Waals surface area contributed by atoms with Gasteiger partial charge >= 0.3 is 5.97 Å². The Bertz CT molecular complexity index is 445. The molecule has 1 unspecified atom stereocenters. The molecule has 5 nitrogen and oxygen atoms in total. The van der Waals surface area contributed by atoms with Gasteiger partial charge < -0.3 is 15.7 Å². The van der Waals surface area contributed by atoms with Crippen LogP contribution >= 0.6 is 23.2 Å². The summed E-state index contributed by atoms with van der Waals surface area (Å²) < 4.78 is 0. The van der Waals surface area contributed by atoms with Crippen LogP contribution in [0, 0.1) is 0 Å². The summed E-state index contributed by atoms with van der Waals surface area (Å²) in [4.78, 5) is 21.8. The van der Waals surface area contributed by atoms with Gasteiger partial charge in [0, 0.05) is 13.5 Å². The Balaban J connectivity index is 2.73. The number of para-hydroxylation sites is 1. The maximum absolute atomic E-state index is 10.9. The summed E-state index contributed by atoms with van der Waals surface area (Å²) in [5.41, 5.74) is 0.442. The van der Waals surface area contributed by atoms with Gasteiger partial charge in [0.1, 0.15) is 6.04 Å². The number of hydrogen-bond acceptors (Lipinski definition) is 3. The SMILES string of the molecule is CC(=O)NC(CNc1c(Cl)cccc1Cl)C(=O)O. The Hall–Kier alpha value is -1.46. The van der Waals surface area contributed by atoms with Gasteiger partial charge in [-0.3, -0.25) is 4.79 Å². The molecule has 3 N–H and O–H groups in total. The van der Waals surface area contributed by atoms with Crippen molar-refractivity contribution >= 4 is 40.8 Å². The Labute approximate surface area is 114 Å². The number of nitrogens with one attached hydrogen (secondary N) is 2. The molecule has 0 aliphatic carbocycles. The van der Waals surface area contributed by atoms with Crippen molar-refractivity contribution in [2.75, 3.05) is 11.9 Å². The minimum atomic E-state index is -1.14. The Morgan fingerprint density at radius 3 is 2.33 bits per heavy atom. The Morgan fingerprint density at radius 1 is 1.33 bits per heavy atom. The van der Waals surface area contributed by atoms with Crippen LogP contribution in [-0.4, -0.2) is 29.6 Å². The lowest BCUT2D eigenvalue weighted by molar-refractivity contribution is -0.141. The summed E-state index contributed by atoms with van der Waals surface area (Å²) >= 11 is 11.8. The number of benzene rings is 1. The molecule has 7 heteroatoms. The highest BCUT2D eigenvalue weighted by Crippen LogP contribution is 2.29. The van der Waals surface area contributed by atoms with E-state index < -0.39 is 17.9 Å². The van der Waals surface area contributed by atoms with Gasteiger partial charge in [-0.2, -0.15) is 0 Å². The summed E-state index contributed by atoms with van der Waals surface area (Å²) in [7, 11) is 0. The quantitative estimate of drug-likeness (QED) is 0.775. The van der Waals surface area contributed by atoms with E-state index in [-0.39, 0.29) is 6.54 Å². The molecule has 0 aliphatic rings. The van der Waals surface area contributed by atoms with Crippen LogP contribution < -0.4 is 10.6 Å². The normalized spacial score (nSPS) is 11.7. The van der Waals surface area contributed by atoms with Crippen molar-refractivity contribution < 1.29 is 14.7 Å². The third-order valence-corrected chi connectivity index (χ3v) is 2.75. The molecular formula is C11H12Cl2N2O3. The third kappa shape index (κ3) is 4.09. The highest BCUT2D eigenvalue weighted by Gasteiger charge is 2.18. The van der Waals surface area contributed by atoms with Crippen LogP contribution in [0.1, 0.15) is 6.92 Å². The minimum Gasteiger partial charge on any atom is -0.480 e. The summed E-state index contributed by atoms with van der Waals surface area (Å²) in [6.45, 7) is 1.23. The second-order valence-electron chi connectivity index (χ2n) is 3.57. The van der Waals surface area contributed by atoms with Crippen LogP contribution in [0.4, 0.5) is 5.69 Å². The first-order valence-electron chi connectivity index (χ1n) is 5.09. The zero-order valence-electron chi connectivity index (χ0n) is 9.54. The number of aliphatic carboxylic acids is 1. The van der Waals surface area contributed by atoms with Crippen molar-refractivity contribution in [3.63, 3.8) is 0 Å². The molecule has 98 valence electrons. The van der Waals surface area contributed by atoms with E-state index in [1.54, 1.807) is 18.2 Å². The average molecular weight is 291 g/mol. The second kappa shape index (κ2) is 6.47. The number of carboxylic acid groups (broad SMARTS) is 1. The third-order valence-electron chi connectivity index (χ3n) is 2.12. The molecule has 0 heterocycles. The van der Waals surface area contributed by atoms with Crippen molar-refractivity contribution in [3.8, 4) is 0 Å². The molecule has 0 radical (unpaired) electrons. The molecule has 0 aromatic heterocycles. The molecule has 0 bridgehead atoms. The first kappa shape index (κ1) is 14.6. The van der Waals surface area contributed by atoms with E-state index in [2.05, 4.69) is 10.6 Å². The zero-order valence-corrected chi connectivity index (χ0v) is 11.0. The molecule has 0 aliphatic heterocycles. The molecule has 0 spiro atoms. The first-order valence-corrected chi connectivity index (χ1v) is 5.85. The number of carbonyl (C=O) groups excluding carboxylic acids is 1. The van der Waals surface area contributed by atoms with Gasteiger partial charge in [0.25, 0.3) is 0 Å². The van der Waals surface area contributed by atoms with Gasteiger partial charge in [0.15, 0.2) is 0 Å². The van der Waals surface area contributed by atoms with Crippen LogP contribution in [0.3, 0.4) is 0 Å². The smallest absolute Gasteiger partial charge is 0.328 e. The van der Waals surface area contributed by atoms with E-state index in [0.29, 0.717) is 15.7 Å². The number of anilines is 1. The van der Waals surface area contributed by atoms with Gasteiger partial charge in [-0.15, -0.1) is 0 Å². The molecular weight excluding hydrogens is 279 g/mol. The van der Waals surface area contributed by atoms with Crippen molar-refractivity contribution in [1.29, 1.82) is 0 Å². The lowest BCUT2D eigenvalue weighted by atomic mass is 10.2. The molecule has 1 aromatic carbocycles.